The Morgan fingerprint density at radius 3 is 2.61 bits per heavy atom. The van der Waals surface area contributed by atoms with E-state index in [0.29, 0.717) is 26.6 Å². The Labute approximate surface area is 148 Å². The van der Waals surface area contributed by atoms with E-state index in [1.807, 2.05) is 48.5 Å². The van der Waals surface area contributed by atoms with Crippen LogP contribution in [-0.4, -0.2) is 10.2 Å². The van der Waals surface area contributed by atoms with Crippen molar-refractivity contribution in [2.45, 2.75) is 6.61 Å². The number of carbonyl (C=O) groups is 1. The largest absolute Gasteiger partial charge is 0.488 e. The predicted molar refractivity (Wildman–Crippen MR) is 98.5 cm³/mol. The van der Waals surface area contributed by atoms with Crippen LogP contribution in [0.4, 0.5) is 0 Å². The van der Waals surface area contributed by atoms with E-state index in [9.17, 15) is 4.79 Å². The number of amides is 1. The van der Waals surface area contributed by atoms with Gasteiger partial charge in [0.15, 0.2) is 0 Å². The molecular weight excluding hydrogens is 350 g/mol. The number of thiocarbonyl (C=S) groups is 1. The Balaban J connectivity index is 1.78. The maximum Gasteiger partial charge on any atom is 0.263 e. The Bertz CT molecular complexity index is 787. The van der Waals surface area contributed by atoms with Crippen LogP contribution in [0.2, 0.25) is 5.02 Å². The predicted octanol–water partition coefficient (Wildman–Crippen LogP) is 4.41. The number of para-hydroxylation sites is 1. The van der Waals surface area contributed by atoms with Gasteiger partial charge in [0.05, 0.1) is 4.91 Å². The monoisotopic (exact) mass is 361 g/mol. The molecule has 0 bridgehead atoms. The standard InChI is InChI=1S/C17H12ClNO2S2/c18-13-7-5-11(6-8-13)10-21-14-4-2-1-3-12(14)9-15-16(20)19-17(22)23-15/h1-9H,10H2,(H,19,20,22). The molecule has 0 aromatic heterocycles. The smallest absolute Gasteiger partial charge is 0.263 e. The zero-order valence-corrected chi connectivity index (χ0v) is 14.3. The van der Waals surface area contributed by atoms with Crippen molar-refractivity contribution in [2.75, 3.05) is 0 Å². The molecule has 0 atom stereocenters. The molecule has 116 valence electrons. The SMILES string of the molecule is O=C1NC(=S)SC1=Cc1ccccc1OCc1ccc(Cl)cc1. The fraction of sp³-hybridized carbons (Fsp3) is 0.0588. The summed E-state index contributed by atoms with van der Waals surface area (Å²) < 4.78 is 6.35. The normalized spacial score (nSPS) is 15.8. The number of carbonyl (C=O) groups excluding carboxylic acids is 1. The van der Waals surface area contributed by atoms with Gasteiger partial charge in [0.25, 0.3) is 5.91 Å². The summed E-state index contributed by atoms with van der Waals surface area (Å²) in [5.41, 5.74) is 1.86. The molecule has 1 amide bonds. The summed E-state index contributed by atoms with van der Waals surface area (Å²) in [5.74, 6) is 0.536. The van der Waals surface area contributed by atoms with Crippen LogP contribution < -0.4 is 10.1 Å². The minimum atomic E-state index is -0.174. The highest BCUT2D eigenvalue weighted by molar-refractivity contribution is 8.26. The van der Waals surface area contributed by atoms with Crippen LogP contribution in [0.5, 0.6) is 5.75 Å². The van der Waals surface area contributed by atoms with Gasteiger partial charge in [-0.3, -0.25) is 4.79 Å². The number of halogens is 1. The van der Waals surface area contributed by atoms with E-state index in [1.165, 1.54) is 11.8 Å². The number of benzene rings is 2. The summed E-state index contributed by atoms with van der Waals surface area (Å²) >= 11 is 12.1. The second-order valence-electron chi connectivity index (χ2n) is 4.81. The van der Waals surface area contributed by atoms with Crippen molar-refractivity contribution in [3.63, 3.8) is 0 Å². The molecule has 0 radical (unpaired) electrons. The number of ether oxygens (including phenoxy) is 1. The summed E-state index contributed by atoms with van der Waals surface area (Å²) in [6.45, 7) is 0.426. The molecular formula is C17H12ClNO2S2. The van der Waals surface area contributed by atoms with Gasteiger partial charge in [0, 0.05) is 10.6 Å². The van der Waals surface area contributed by atoms with Gasteiger partial charge in [-0.1, -0.05) is 65.9 Å². The zero-order valence-electron chi connectivity index (χ0n) is 11.9. The van der Waals surface area contributed by atoms with Gasteiger partial charge in [-0.05, 0) is 29.8 Å². The van der Waals surface area contributed by atoms with Crippen molar-refractivity contribution < 1.29 is 9.53 Å². The molecule has 2 aromatic carbocycles. The van der Waals surface area contributed by atoms with Crippen molar-refractivity contribution in [3.05, 3.63) is 69.6 Å². The summed E-state index contributed by atoms with van der Waals surface area (Å²) in [4.78, 5) is 12.3. The Morgan fingerprint density at radius 1 is 1.17 bits per heavy atom. The van der Waals surface area contributed by atoms with Crippen molar-refractivity contribution in [1.82, 2.24) is 5.32 Å². The van der Waals surface area contributed by atoms with Crippen LogP contribution in [0.25, 0.3) is 6.08 Å². The van der Waals surface area contributed by atoms with Crippen LogP contribution >= 0.6 is 35.6 Å². The first-order chi connectivity index (χ1) is 11.1. The average molecular weight is 362 g/mol. The van der Waals surface area contributed by atoms with Gasteiger partial charge in [-0.15, -0.1) is 0 Å². The van der Waals surface area contributed by atoms with Crippen molar-refractivity contribution in [3.8, 4) is 5.75 Å². The third kappa shape index (κ3) is 4.13. The first-order valence-corrected chi connectivity index (χ1v) is 8.43. The van der Waals surface area contributed by atoms with Crippen LogP contribution in [-0.2, 0) is 11.4 Å². The van der Waals surface area contributed by atoms with Gasteiger partial charge < -0.3 is 10.1 Å². The van der Waals surface area contributed by atoms with Crippen LogP contribution in [0.3, 0.4) is 0 Å². The molecule has 1 saturated heterocycles. The maximum atomic E-state index is 11.8. The lowest BCUT2D eigenvalue weighted by Crippen LogP contribution is -2.17. The maximum absolute atomic E-state index is 11.8. The molecule has 2 aromatic rings. The Morgan fingerprint density at radius 2 is 1.91 bits per heavy atom. The van der Waals surface area contributed by atoms with Gasteiger partial charge in [0.1, 0.15) is 16.7 Å². The van der Waals surface area contributed by atoms with E-state index >= 15 is 0 Å². The molecule has 1 heterocycles. The molecule has 0 saturated carbocycles. The molecule has 0 unspecified atom stereocenters. The van der Waals surface area contributed by atoms with E-state index in [1.54, 1.807) is 6.08 Å². The molecule has 0 aliphatic carbocycles. The van der Waals surface area contributed by atoms with Crippen LogP contribution in [0.1, 0.15) is 11.1 Å². The Kier molecular flexibility index (Phi) is 5.00. The highest BCUT2D eigenvalue weighted by Gasteiger charge is 2.22. The first-order valence-electron chi connectivity index (χ1n) is 6.83. The van der Waals surface area contributed by atoms with Gasteiger partial charge in [-0.2, -0.15) is 0 Å². The minimum absolute atomic E-state index is 0.174. The van der Waals surface area contributed by atoms with E-state index in [-0.39, 0.29) is 5.91 Å². The molecule has 3 rings (SSSR count). The van der Waals surface area contributed by atoms with Crippen LogP contribution in [0, 0.1) is 0 Å². The van der Waals surface area contributed by atoms with E-state index in [4.69, 9.17) is 28.6 Å². The Hall–Kier alpha value is -1.82. The minimum Gasteiger partial charge on any atom is -0.488 e. The third-order valence-electron chi connectivity index (χ3n) is 3.16. The van der Waals surface area contributed by atoms with E-state index in [2.05, 4.69) is 5.32 Å². The molecule has 0 spiro atoms. The van der Waals surface area contributed by atoms with E-state index in [0.717, 1.165) is 11.1 Å². The summed E-state index contributed by atoms with van der Waals surface area (Å²) in [7, 11) is 0. The molecule has 1 aliphatic heterocycles. The lowest BCUT2D eigenvalue weighted by molar-refractivity contribution is -0.115. The second-order valence-corrected chi connectivity index (χ2v) is 6.96. The van der Waals surface area contributed by atoms with Gasteiger partial charge in [-0.25, -0.2) is 0 Å². The molecule has 3 nitrogen and oxygen atoms in total. The molecule has 1 aliphatic rings. The van der Waals surface area contributed by atoms with Crippen molar-refractivity contribution in [1.29, 1.82) is 0 Å². The molecule has 23 heavy (non-hydrogen) atoms. The highest BCUT2D eigenvalue weighted by Crippen LogP contribution is 2.29. The second kappa shape index (κ2) is 7.17. The lowest BCUT2D eigenvalue weighted by atomic mass is 10.2. The van der Waals surface area contributed by atoms with Gasteiger partial charge in [0.2, 0.25) is 0 Å². The van der Waals surface area contributed by atoms with Crippen molar-refractivity contribution >= 4 is 51.9 Å². The fourth-order valence-corrected chi connectivity index (χ4v) is 3.20. The quantitative estimate of drug-likeness (QED) is 0.646. The lowest BCUT2D eigenvalue weighted by Gasteiger charge is -2.09. The number of nitrogens with one attached hydrogen (secondary N) is 1. The summed E-state index contributed by atoms with van der Waals surface area (Å²) in [5, 5.41) is 3.30. The van der Waals surface area contributed by atoms with E-state index < -0.39 is 0 Å². The number of thioether (sulfide) groups is 1. The molecule has 1 fully saturated rings. The fourth-order valence-electron chi connectivity index (χ4n) is 2.04. The summed E-state index contributed by atoms with van der Waals surface area (Å²) in [6, 6.07) is 15.1. The van der Waals surface area contributed by atoms with Crippen LogP contribution in [0.15, 0.2) is 53.4 Å². The average Bonchev–Trinajstić information content (AvgIpc) is 2.86. The third-order valence-corrected chi connectivity index (χ3v) is 4.57. The van der Waals surface area contributed by atoms with Gasteiger partial charge >= 0.3 is 0 Å². The summed E-state index contributed by atoms with van der Waals surface area (Å²) in [6.07, 6.45) is 1.79. The number of rotatable bonds is 4. The number of hydrogen-bond donors (Lipinski definition) is 1. The highest BCUT2D eigenvalue weighted by atomic mass is 35.5. The number of hydrogen-bond acceptors (Lipinski definition) is 4. The zero-order chi connectivity index (χ0) is 16.2. The van der Waals surface area contributed by atoms with Crippen molar-refractivity contribution in [2.24, 2.45) is 0 Å². The molecule has 6 heteroatoms. The first kappa shape index (κ1) is 16.1. The molecule has 1 N–H and O–H groups in total. The topological polar surface area (TPSA) is 38.3 Å².